The van der Waals surface area contributed by atoms with Crippen LogP contribution in [-0.2, 0) is 24.4 Å². The average Bonchev–Trinajstić information content (AvgIpc) is 2.39. The van der Waals surface area contributed by atoms with Gasteiger partial charge in [0.05, 0.1) is 13.0 Å². The molecule has 7 nitrogen and oxygen atoms in total. The standard InChI is InChI=1S/C16H30O7S/c1-12(2)7-5-9-16(11-14(17)18,24(20,21)22)15(19)23-10-6-8-13(3)4/h12-13H,5-11H2,1-4H3,(H,17,18)(H,20,21,22). The van der Waals surface area contributed by atoms with Gasteiger partial charge in [-0.05, 0) is 31.1 Å². The highest BCUT2D eigenvalue weighted by Gasteiger charge is 2.53. The van der Waals surface area contributed by atoms with Gasteiger partial charge in [0.2, 0.25) is 4.75 Å². The van der Waals surface area contributed by atoms with Crippen LogP contribution in [0.3, 0.4) is 0 Å². The van der Waals surface area contributed by atoms with Crippen LogP contribution in [0.2, 0.25) is 0 Å². The highest BCUT2D eigenvalue weighted by atomic mass is 32.2. The maximum absolute atomic E-state index is 12.3. The summed E-state index contributed by atoms with van der Waals surface area (Å²) in [5, 5.41) is 9.03. The van der Waals surface area contributed by atoms with E-state index in [1.807, 2.05) is 27.7 Å². The van der Waals surface area contributed by atoms with Gasteiger partial charge in [0.15, 0.2) is 0 Å². The zero-order valence-corrected chi connectivity index (χ0v) is 15.8. The van der Waals surface area contributed by atoms with Gasteiger partial charge < -0.3 is 9.84 Å². The van der Waals surface area contributed by atoms with Crippen LogP contribution >= 0.6 is 0 Å². The Kier molecular flexibility index (Phi) is 9.50. The molecule has 0 saturated heterocycles. The Bertz CT molecular complexity index is 511. The van der Waals surface area contributed by atoms with E-state index >= 15 is 0 Å². The molecule has 2 N–H and O–H groups in total. The Morgan fingerprint density at radius 1 is 1.04 bits per heavy atom. The summed E-state index contributed by atoms with van der Waals surface area (Å²) >= 11 is 0. The van der Waals surface area contributed by atoms with Crippen LogP contribution in [0.25, 0.3) is 0 Å². The van der Waals surface area contributed by atoms with Gasteiger partial charge in [-0.25, -0.2) is 0 Å². The van der Waals surface area contributed by atoms with E-state index in [0.717, 1.165) is 6.42 Å². The molecule has 0 radical (unpaired) electrons. The third-order valence-electron chi connectivity index (χ3n) is 3.82. The Balaban J connectivity index is 5.24. The molecule has 142 valence electrons. The molecule has 0 saturated carbocycles. The van der Waals surface area contributed by atoms with Crippen molar-refractivity contribution in [2.24, 2.45) is 11.8 Å². The molecule has 0 aliphatic heterocycles. The fraction of sp³-hybridized carbons (Fsp3) is 0.875. The summed E-state index contributed by atoms with van der Waals surface area (Å²) in [5.74, 6) is -1.99. The van der Waals surface area contributed by atoms with Gasteiger partial charge >= 0.3 is 11.9 Å². The van der Waals surface area contributed by atoms with Crippen LogP contribution < -0.4 is 0 Å². The lowest BCUT2D eigenvalue weighted by molar-refractivity contribution is -0.152. The molecular weight excluding hydrogens is 336 g/mol. The van der Waals surface area contributed by atoms with Gasteiger partial charge in [-0.3, -0.25) is 14.1 Å². The molecule has 0 aliphatic rings. The number of carboxylic acid groups (broad SMARTS) is 1. The molecule has 0 bridgehead atoms. The largest absolute Gasteiger partial charge is 0.481 e. The lowest BCUT2D eigenvalue weighted by Gasteiger charge is -2.27. The Labute approximate surface area is 144 Å². The second kappa shape index (κ2) is 9.98. The minimum Gasteiger partial charge on any atom is -0.481 e. The van der Waals surface area contributed by atoms with Gasteiger partial charge in [0.25, 0.3) is 10.1 Å². The van der Waals surface area contributed by atoms with Crippen LogP contribution in [0.15, 0.2) is 0 Å². The maximum Gasteiger partial charge on any atom is 0.330 e. The number of hydrogen-bond acceptors (Lipinski definition) is 5. The first-order chi connectivity index (χ1) is 10.9. The summed E-state index contributed by atoms with van der Waals surface area (Å²) in [6.07, 6.45) is 0.956. The summed E-state index contributed by atoms with van der Waals surface area (Å²) in [4.78, 5) is 23.4. The summed E-state index contributed by atoms with van der Waals surface area (Å²) in [6, 6.07) is 0. The normalized spacial score (nSPS) is 14.6. The predicted molar refractivity (Wildman–Crippen MR) is 90.3 cm³/mol. The molecule has 0 heterocycles. The van der Waals surface area contributed by atoms with Gasteiger partial charge in [0.1, 0.15) is 0 Å². The topological polar surface area (TPSA) is 118 Å². The molecule has 8 heteroatoms. The van der Waals surface area contributed by atoms with Crippen molar-refractivity contribution in [2.45, 2.75) is 71.0 Å². The van der Waals surface area contributed by atoms with Crippen LogP contribution in [0.1, 0.15) is 66.2 Å². The van der Waals surface area contributed by atoms with Crippen molar-refractivity contribution in [3.05, 3.63) is 0 Å². The van der Waals surface area contributed by atoms with E-state index in [0.29, 0.717) is 25.2 Å². The number of hydrogen-bond donors (Lipinski definition) is 2. The molecule has 1 unspecified atom stereocenters. The van der Waals surface area contributed by atoms with Crippen molar-refractivity contribution < 1.29 is 32.4 Å². The zero-order valence-electron chi connectivity index (χ0n) is 14.9. The van der Waals surface area contributed by atoms with Gasteiger partial charge in [-0.2, -0.15) is 8.42 Å². The molecule has 0 aromatic heterocycles. The second-order valence-corrected chi connectivity index (χ2v) is 8.73. The quantitative estimate of drug-likeness (QED) is 0.310. The predicted octanol–water partition coefficient (Wildman–Crippen LogP) is 2.89. The fourth-order valence-corrected chi connectivity index (χ4v) is 3.39. The highest BCUT2D eigenvalue weighted by molar-refractivity contribution is 7.88. The molecule has 0 rings (SSSR count). The summed E-state index contributed by atoms with van der Waals surface area (Å²) in [5.41, 5.74) is 0. The lowest BCUT2D eigenvalue weighted by Crippen LogP contribution is -2.49. The van der Waals surface area contributed by atoms with Gasteiger partial charge in [-0.1, -0.05) is 40.5 Å². The Hall–Kier alpha value is -1.15. The first-order valence-corrected chi connectivity index (χ1v) is 9.72. The van der Waals surface area contributed by atoms with Crippen LogP contribution in [0.5, 0.6) is 0 Å². The zero-order chi connectivity index (χ0) is 19.0. The SMILES string of the molecule is CC(C)CCCOC(=O)C(CCCC(C)C)(CC(=O)O)S(=O)(=O)O. The van der Waals surface area contributed by atoms with E-state index in [1.165, 1.54) is 0 Å². The van der Waals surface area contributed by atoms with E-state index in [2.05, 4.69) is 0 Å². The number of esters is 1. The van der Waals surface area contributed by atoms with Crippen molar-refractivity contribution in [1.29, 1.82) is 0 Å². The fourth-order valence-electron chi connectivity index (χ4n) is 2.42. The van der Waals surface area contributed by atoms with Crippen LogP contribution in [0.4, 0.5) is 0 Å². The van der Waals surface area contributed by atoms with E-state index in [9.17, 15) is 22.6 Å². The minimum absolute atomic E-state index is 0.00190. The summed E-state index contributed by atoms with van der Waals surface area (Å²) in [7, 11) is -4.93. The molecule has 0 amide bonds. The van der Waals surface area contributed by atoms with Crippen molar-refractivity contribution in [3.8, 4) is 0 Å². The third kappa shape index (κ3) is 7.61. The first-order valence-electron chi connectivity index (χ1n) is 8.28. The van der Waals surface area contributed by atoms with Crippen LogP contribution in [0, 0.1) is 11.8 Å². The smallest absolute Gasteiger partial charge is 0.330 e. The monoisotopic (exact) mass is 366 g/mol. The van der Waals surface area contributed by atoms with Crippen molar-refractivity contribution >= 4 is 22.1 Å². The number of carboxylic acids is 1. The Morgan fingerprint density at radius 3 is 1.96 bits per heavy atom. The molecule has 0 aromatic rings. The van der Waals surface area contributed by atoms with Gasteiger partial charge in [0, 0.05) is 0 Å². The molecule has 1 atom stereocenters. The lowest BCUT2D eigenvalue weighted by atomic mass is 9.94. The molecular formula is C16H30O7S. The molecule has 24 heavy (non-hydrogen) atoms. The number of carbonyl (C=O) groups is 2. The van der Waals surface area contributed by atoms with E-state index < -0.39 is 33.2 Å². The number of rotatable bonds is 12. The third-order valence-corrected chi connectivity index (χ3v) is 5.33. The van der Waals surface area contributed by atoms with Crippen molar-refractivity contribution in [3.63, 3.8) is 0 Å². The maximum atomic E-state index is 12.3. The molecule has 0 aliphatic carbocycles. The number of carbonyl (C=O) groups excluding carboxylic acids is 1. The highest BCUT2D eigenvalue weighted by Crippen LogP contribution is 2.30. The summed E-state index contributed by atoms with van der Waals surface area (Å²) < 4.78 is 35.8. The molecule has 0 spiro atoms. The minimum atomic E-state index is -4.93. The number of ether oxygens (including phenoxy) is 1. The Morgan fingerprint density at radius 2 is 1.54 bits per heavy atom. The molecule has 0 aromatic carbocycles. The second-order valence-electron chi connectivity index (χ2n) is 7.00. The molecule has 0 fully saturated rings. The summed E-state index contributed by atoms with van der Waals surface area (Å²) in [6.45, 7) is 7.85. The van der Waals surface area contributed by atoms with Gasteiger partial charge in [-0.15, -0.1) is 0 Å². The van der Waals surface area contributed by atoms with E-state index in [4.69, 9.17) is 9.84 Å². The average molecular weight is 366 g/mol. The van der Waals surface area contributed by atoms with E-state index in [-0.39, 0.29) is 18.9 Å². The van der Waals surface area contributed by atoms with Crippen molar-refractivity contribution in [1.82, 2.24) is 0 Å². The van der Waals surface area contributed by atoms with Crippen LogP contribution in [-0.4, -0.2) is 41.4 Å². The van der Waals surface area contributed by atoms with E-state index in [1.54, 1.807) is 0 Å². The number of aliphatic carboxylic acids is 1. The first kappa shape index (κ1) is 22.9. The van der Waals surface area contributed by atoms with Crippen molar-refractivity contribution in [2.75, 3.05) is 6.61 Å².